The third-order valence-corrected chi connectivity index (χ3v) is 3.28. The summed E-state index contributed by atoms with van der Waals surface area (Å²) in [5.74, 6) is 11.5. The van der Waals surface area contributed by atoms with Crippen molar-refractivity contribution in [3.05, 3.63) is 12.2 Å². The third-order valence-electron chi connectivity index (χ3n) is 3.28. The Hall–Kier alpha value is -1.18. The molecule has 0 fully saturated rings. The van der Waals surface area contributed by atoms with Gasteiger partial charge in [-0.3, -0.25) is 0 Å². The summed E-state index contributed by atoms with van der Waals surface area (Å²) in [5, 5.41) is 9.59. The molecule has 0 aliphatic rings. The number of hydrogen-bond donors (Lipinski definition) is 1. The van der Waals surface area contributed by atoms with Crippen LogP contribution in [0.3, 0.4) is 0 Å². The van der Waals surface area contributed by atoms with Crippen molar-refractivity contribution in [2.24, 2.45) is 0 Å². The number of aliphatic hydroxyl groups is 1. The minimum absolute atomic E-state index is 0.501. The minimum atomic E-state index is -0.501. The van der Waals surface area contributed by atoms with Gasteiger partial charge in [0.05, 0.1) is 0 Å². The second-order valence-corrected chi connectivity index (χ2v) is 5.44. The molecule has 0 aromatic rings. The van der Waals surface area contributed by atoms with Crippen LogP contribution in [-0.2, 0) is 0 Å². The summed E-state index contributed by atoms with van der Waals surface area (Å²) >= 11 is 0. The zero-order valence-electron chi connectivity index (χ0n) is 14.0. The van der Waals surface area contributed by atoms with Gasteiger partial charge >= 0.3 is 0 Å². The molecule has 0 spiro atoms. The van der Waals surface area contributed by atoms with Gasteiger partial charge in [0.25, 0.3) is 0 Å². The van der Waals surface area contributed by atoms with Crippen molar-refractivity contribution >= 4 is 0 Å². The van der Waals surface area contributed by atoms with Crippen LogP contribution in [0.1, 0.15) is 84.5 Å². The Labute approximate surface area is 132 Å². The largest absolute Gasteiger partial charge is 0.380 e. The molecule has 0 saturated heterocycles. The third kappa shape index (κ3) is 16.8. The normalized spacial score (nSPS) is 11.6. The van der Waals surface area contributed by atoms with Crippen LogP contribution in [0.15, 0.2) is 12.2 Å². The van der Waals surface area contributed by atoms with Gasteiger partial charge in [0.1, 0.15) is 6.10 Å². The van der Waals surface area contributed by atoms with Gasteiger partial charge in [0, 0.05) is 6.42 Å². The van der Waals surface area contributed by atoms with Crippen LogP contribution in [0.5, 0.6) is 0 Å². The average molecular weight is 288 g/mol. The lowest BCUT2D eigenvalue weighted by Gasteiger charge is -2.00. The maximum absolute atomic E-state index is 9.59. The fraction of sp³-hybridized carbons (Fsp3) is 0.700. The molecule has 118 valence electrons. The van der Waals surface area contributed by atoms with Crippen molar-refractivity contribution in [1.29, 1.82) is 0 Å². The van der Waals surface area contributed by atoms with Gasteiger partial charge in [-0.05, 0) is 50.4 Å². The van der Waals surface area contributed by atoms with Gasteiger partial charge in [-0.2, -0.15) is 0 Å². The first kappa shape index (κ1) is 19.8. The maximum Gasteiger partial charge on any atom is 0.115 e. The highest BCUT2D eigenvalue weighted by atomic mass is 16.3. The monoisotopic (exact) mass is 288 g/mol. The van der Waals surface area contributed by atoms with Crippen molar-refractivity contribution in [1.82, 2.24) is 0 Å². The fourth-order valence-corrected chi connectivity index (χ4v) is 1.92. The van der Waals surface area contributed by atoms with E-state index in [0.29, 0.717) is 0 Å². The summed E-state index contributed by atoms with van der Waals surface area (Å²) < 4.78 is 0. The smallest absolute Gasteiger partial charge is 0.115 e. The number of hydrogen-bond acceptors (Lipinski definition) is 1. The lowest BCUT2D eigenvalue weighted by atomic mass is 10.1. The number of aliphatic hydroxyl groups excluding tert-OH is 1. The quantitative estimate of drug-likeness (QED) is 0.313. The molecule has 0 aromatic carbocycles. The second kappa shape index (κ2) is 16.9. The van der Waals surface area contributed by atoms with E-state index >= 15 is 0 Å². The van der Waals surface area contributed by atoms with Crippen molar-refractivity contribution in [2.75, 3.05) is 0 Å². The SMILES string of the molecule is CCCC/C=C\CCCCC#CC#CC(O)CCCCC. The summed E-state index contributed by atoms with van der Waals surface area (Å²) in [6.45, 7) is 4.38. The van der Waals surface area contributed by atoms with Crippen molar-refractivity contribution in [2.45, 2.75) is 90.6 Å². The molecule has 1 heteroatoms. The zero-order chi connectivity index (χ0) is 15.6. The van der Waals surface area contributed by atoms with E-state index in [1.807, 2.05) is 0 Å². The predicted octanol–water partition coefficient (Wildman–Crippen LogP) is 5.24. The Morgan fingerprint density at radius 3 is 2.29 bits per heavy atom. The molecule has 1 nitrogen and oxygen atoms in total. The van der Waals surface area contributed by atoms with Crippen LogP contribution in [0.2, 0.25) is 0 Å². The van der Waals surface area contributed by atoms with E-state index in [-0.39, 0.29) is 0 Å². The maximum atomic E-state index is 9.59. The standard InChI is InChI=1S/C20H32O/c1-3-5-7-8-9-10-11-12-13-14-15-17-19-20(21)18-16-6-4-2/h8-9,20-21H,3-7,10-13,16,18H2,1-2H3/b9-8-. The van der Waals surface area contributed by atoms with Gasteiger partial charge in [0.2, 0.25) is 0 Å². The van der Waals surface area contributed by atoms with Gasteiger partial charge in [-0.15, -0.1) is 0 Å². The summed E-state index contributed by atoms with van der Waals surface area (Å²) in [5.41, 5.74) is 0. The van der Waals surface area contributed by atoms with Gasteiger partial charge in [-0.1, -0.05) is 63.5 Å². The number of allylic oxidation sites excluding steroid dienone is 2. The summed E-state index contributed by atoms with van der Waals surface area (Å²) in [6.07, 6.45) is 16.4. The van der Waals surface area contributed by atoms with E-state index < -0.39 is 6.10 Å². The van der Waals surface area contributed by atoms with Crippen molar-refractivity contribution < 1.29 is 5.11 Å². The minimum Gasteiger partial charge on any atom is -0.380 e. The van der Waals surface area contributed by atoms with Crippen LogP contribution >= 0.6 is 0 Å². The molecule has 1 unspecified atom stereocenters. The lowest BCUT2D eigenvalue weighted by Crippen LogP contribution is -2.01. The molecule has 0 aliphatic carbocycles. The molecule has 0 heterocycles. The molecular formula is C20H32O. The predicted molar refractivity (Wildman–Crippen MR) is 92.8 cm³/mol. The second-order valence-electron chi connectivity index (χ2n) is 5.44. The van der Waals surface area contributed by atoms with E-state index in [1.54, 1.807) is 0 Å². The van der Waals surface area contributed by atoms with Crippen molar-refractivity contribution in [3.63, 3.8) is 0 Å². The highest BCUT2D eigenvalue weighted by Crippen LogP contribution is 2.03. The highest BCUT2D eigenvalue weighted by Gasteiger charge is 1.96. The Balaban J connectivity index is 3.51. The number of rotatable bonds is 11. The molecule has 0 bridgehead atoms. The number of unbranched alkanes of at least 4 members (excludes halogenated alkanes) is 7. The average Bonchev–Trinajstić information content (AvgIpc) is 2.48. The molecule has 0 saturated carbocycles. The highest BCUT2D eigenvalue weighted by molar-refractivity contribution is 5.27. The molecule has 1 atom stereocenters. The van der Waals surface area contributed by atoms with Gasteiger partial charge < -0.3 is 5.11 Å². The zero-order valence-corrected chi connectivity index (χ0v) is 14.0. The van der Waals surface area contributed by atoms with Gasteiger partial charge in [-0.25, -0.2) is 0 Å². The van der Waals surface area contributed by atoms with E-state index in [9.17, 15) is 5.11 Å². The van der Waals surface area contributed by atoms with Gasteiger partial charge in [0.15, 0.2) is 0 Å². The topological polar surface area (TPSA) is 20.2 Å². The molecule has 0 amide bonds. The van der Waals surface area contributed by atoms with E-state index in [1.165, 1.54) is 32.1 Å². The summed E-state index contributed by atoms with van der Waals surface area (Å²) in [4.78, 5) is 0. The molecule has 0 aromatic heterocycles. The van der Waals surface area contributed by atoms with E-state index in [2.05, 4.69) is 49.7 Å². The molecule has 0 radical (unpaired) electrons. The van der Waals surface area contributed by atoms with E-state index in [0.717, 1.165) is 38.5 Å². The molecule has 21 heavy (non-hydrogen) atoms. The Morgan fingerprint density at radius 2 is 1.57 bits per heavy atom. The molecular weight excluding hydrogens is 256 g/mol. The Bertz CT molecular complexity index is 359. The van der Waals surface area contributed by atoms with Crippen LogP contribution in [0, 0.1) is 23.7 Å². The van der Waals surface area contributed by atoms with Crippen LogP contribution < -0.4 is 0 Å². The van der Waals surface area contributed by atoms with Crippen molar-refractivity contribution in [3.8, 4) is 23.7 Å². The van der Waals surface area contributed by atoms with Crippen LogP contribution in [0.25, 0.3) is 0 Å². The Kier molecular flexibility index (Phi) is 15.9. The van der Waals surface area contributed by atoms with E-state index in [4.69, 9.17) is 0 Å². The first-order chi connectivity index (χ1) is 10.3. The molecule has 1 N–H and O–H groups in total. The van der Waals surface area contributed by atoms with Crippen LogP contribution in [-0.4, -0.2) is 11.2 Å². The first-order valence-corrected chi connectivity index (χ1v) is 8.62. The fourth-order valence-electron chi connectivity index (χ4n) is 1.92. The summed E-state index contributed by atoms with van der Waals surface area (Å²) in [6, 6.07) is 0. The lowest BCUT2D eigenvalue weighted by molar-refractivity contribution is 0.217. The molecule has 0 rings (SSSR count). The summed E-state index contributed by atoms with van der Waals surface area (Å²) in [7, 11) is 0. The first-order valence-electron chi connectivity index (χ1n) is 8.62. The molecule has 0 aliphatic heterocycles. The van der Waals surface area contributed by atoms with Crippen LogP contribution in [0.4, 0.5) is 0 Å². The Morgan fingerprint density at radius 1 is 0.857 bits per heavy atom.